The highest BCUT2D eigenvalue weighted by molar-refractivity contribution is 14.1. The fraction of sp³-hybridized carbons (Fsp3) is 0.0833. The van der Waals surface area contributed by atoms with Gasteiger partial charge in [0.1, 0.15) is 5.75 Å². The van der Waals surface area contributed by atoms with Crippen molar-refractivity contribution < 1.29 is 9.84 Å². The molecule has 0 saturated heterocycles. The molecule has 2 aromatic rings. The minimum Gasteiger partial charge on any atom is -0.439 e. The number of aliphatic hydroxyl groups excluding tert-OH is 1. The van der Waals surface area contributed by atoms with Gasteiger partial charge >= 0.3 is 0 Å². The summed E-state index contributed by atoms with van der Waals surface area (Å²) >= 11 is 2.23. The fourth-order valence-corrected chi connectivity index (χ4v) is 1.59. The normalized spacial score (nSPS) is 10.1. The lowest BCUT2D eigenvalue weighted by molar-refractivity contribution is 0.281. The minimum absolute atomic E-state index is 0.00836. The van der Waals surface area contributed by atoms with Crippen LogP contribution >= 0.6 is 22.6 Å². The summed E-state index contributed by atoms with van der Waals surface area (Å²) in [5.74, 6) is 1.23. The average molecular weight is 327 g/mol. The van der Waals surface area contributed by atoms with Crippen LogP contribution in [0.4, 0.5) is 0 Å². The summed E-state index contributed by atoms with van der Waals surface area (Å²) in [6.45, 7) is -0.00836. The molecule has 0 bridgehead atoms. The second-order valence-electron chi connectivity index (χ2n) is 3.22. The molecule has 0 aliphatic carbocycles. The molecule has 3 nitrogen and oxygen atoms in total. The van der Waals surface area contributed by atoms with Crippen LogP contribution in [0.1, 0.15) is 5.56 Å². The van der Waals surface area contributed by atoms with Crippen molar-refractivity contribution in [2.75, 3.05) is 0 Å². The molecule has 0 spiro atoms. The van der Waals surface area contributed by atoms with Gasteiger partial charge in [-0.15, -0.1) is 0 Å². The first kappa shape index (κ1) is 11.3. The number of benzene rings is 1. The van der Waals surface area contributed by atoms with Gasteiger partial charge in [0.25, 0.3) is 0 Å². The van der Waals surface area contributed by atoms with Gasteiger partial charge in [0.05, 0.1) is 6.61 Å². The molecule has 0 aliphatic heterocycles. The lowest BCUT2D eigenvalue weighted by atomic mass is 10.3. The highest BCUT2D eigenvalue weighted by Gasteiger charge is 1.99. The molecular formula is C12H10INO2. The maximum Gasteiger partial charge on any atom is 0.219 e. The summed E-state index contributed by atoms with van der Waals surface area (Å²) in [4.78, 5) is 4.07. The number of halogens is 1. The molecule has 0 amide bonds. The van der Waals surface area contributed by atoms with E-state index in [9.17, 15) is 0 Å². The molecule has 2 rings (SSSR count). The molecular weight excluding hydrogens is 317 g/mol. The molecule has 16 heavy (non-hydrogen) atoms. The number of hydrogen-bond donors (Lipinski definition) is 1. The number of rotatable bonds is 3. The molecule has 1 aromatic carbocycles. The van der Waals surface area contributed by atoms with E-state index in [0.29, 0.717) is 5.88 Å². The van der Waals surface area contributed by atoms with Gasteiger partial charge in [0, 0.05) is 15.8 Å². The molecule has 0 fully saturated rings. The quantitative estimate of drug-likeness (QED) is 0.882. The topological polar surface area (TPSA) is 42.4 Å². The van der Waals surface area contributed by atoms with Crippen molar-refractivity contribution in [3.63, 3.8) is 0 Å². The molecule has 4 heteroatoms. The highest BCUT2D eigenvalue weighted by atomic mass is 127. The third-order valence-electron chi connectivity index (χ3n) is 2.02. The Morgan fingerprint density at radius 3 is 2.62 bits per heavy atom. The maximum atomic E-state index is 8.98. The molecule has 1 heterocycles. The van der Waals surface area contributed by atoms with Crippen LogP contribution in [0.3, 0.4) is 0 Å². The molecule has 82 valence electrons. The summed E-state index contributed by atoms with van der Waals surface area (Å²) in [5, 5.41) is 8.98. The Bertz CT molecular complexity index is 471. The van der Waals surface area contributed by atoms with E-state index in [2.05, 4.69) is 27.6 Å². The number of pyridine rings is 1. The summed E-state index contributed by atoms with van der Waals surface area (Å²) in [6.07, 6.45) is 1.62. The first-order valence-corrected chi connectivity index (χ1v) is 5.85. The SMILES string of the molecule is OCc1ccnc(Oc2ccc(I)cc2)c1. The first-order valence-electron chi connectivity index (χ1n) is 4.77. The lowest BCUT2D eigenvalue weighted by Gasteiger charge is -2.05. The Morgan fingerprint density at radius 1 is 1.19 bits per heavy atom. The van der Waals surface area contributed by atoms with E-state index >= 15 is 0 Å². The Kier molecular flexibility index (Phi) is 3.74. The predicted octanol–water partition coefficient (Wildman–Crippen LogP) is 2.97. The standard InChI is InChI=1S/C12H10INO2/c13-10-1-3-11(4-2-10)16-12-7-9(8-15)5-6-14-12/h1-7,15H,8H2. The summed E-state index contributed by atoms with van der Waals surface area (Å²) < 4.78 is 6.70. The van der Waals surface area contributed by atoms with E-state index in [1.165, 1.54) is 0 Å². The van der Waals surface area contributed by atoms with Crippen molar-refractivity contribution in [1.29, 1.82) is 0 Å². The molecule has 1 aromatic heterocycles. The number of hydrogen-bond acceptors (Lipinski definition) is 3. The maximum absolute atomic E-state index is 8.98. The van der Waals surface area contributed by atoms with Crippen LogP contribution < -0.4 is 4.74 Å². The molecule has 0 saturated carbocycles. The van der Waals surface area contributed by atoms with Crippen LogP contribution in [0.15, 0.2) is 42.6 Å². The summed E-state index contributed by atoms with van der Waals surface area (Å²) in [6, 6.07) is 11.2. The molecule has 0 radical (unpaired) electrons. The third kappa shape index (κ3) is 2.93. The number of nitrogens with zero attached hydrogens (tertiary/aromatic N) is 1. The van der Waals surface area contributed by atoms with Crippen LogP contribution in [0.5, 0.6) is 11.6 Å². The van der Waals surface area contributed by atoms with E-state index in [1.807, 2.05) is 24.3 Å². The Morgan fingerprint density at radius 2 is 1.94 bits per heavy atom. The third-order valence-corrected chi connectivity index (χ3v) is 2.74. The van der Waals surface area contributed by atoms with Crippen molar-refractivity contribution in [1.82, 2.24) is 4.98 Å². The van der Waals surface area contributed by atoms with Crippen LogP contribution in [0.25, 0.3) is 0 Å². The second kappa shape index (κ2) is 5.27. The first-order chi connectivity index (χ1) is 7.78. The lowest BCUT2D eigenvalue weighted by Crippen LogP contribution is -1.90. The van der Waals surface area contributed by atoms with E-state index in [4.69, 9.17) is 9.84 Å². The Balaban J connectivity index is 2.16. The molecule has 1 N–H and O–H groups in total. The molecule has 0 aliphatic rings. The zero-order valence-electron chi connectivity index (χ0n) is 8.43. The fourth-order valence-electron chi connectivity index (χ4n) is 1.23. The smallest absolute Gasteiger partial charge is 0.219 e. The van der Waals surface area contributed by atoms with Gasteiger partial charge in [0.15, 0.2) is 0 Å². The summed E-state index contributed by atoms with van der Waals surface area (Å²) in [5.41, 5.74) is 0.788. The molecule has 0 atom stereocenters. The van der Waals surface area contributed by atoms with Gasteiger partial charge in [-0.1, -0.05) is 0 Å². The number of aromatic nitrogens is 1. The van der Waals surface area contributed by atoms with E-state index < -0.39 is 0 Å². The van der Waals surface area contributed by atoms with Gasteiger partial charge in [-0.05, 0) is 58.5 Å². The van der Waals surface area contributed by atoms with Crippen molar-refractivity contribution in [3.05, 3.63) is 51.7 Å². The van der Waals surface area contributed by atoms with E-state index in [0.717, 1.165) is 14.9 Å². The Labute approximate surface area is 107 Å². The summed E-state index contributed by atoms with van der Waals surface area (Å²) in [7, 11) is 0. The van der Waals surface area contributed by atoms with Crippen LogP contribution in [-0.4, -0.2) is 10.1 Å². The van der Waals surface area contributed by atoms with Crippen molar-refractivity contribution in [2.24, 2.45) is 0 Å². The number of aliphatic hydroxyl groups is 1. The van der Waals surface area contributed by atoms with Gasteiger partial charge < -0.3 is 9.84 Å². The molecule has 0 unspecified atom stereocenters. The van der Waals surface area contributed by atoms with E-state index in [-0.39, 0.29) is 6.61 Å². The van der Waals surface area contributed by atoms with Crippen LogP contribution in [0.2, 0.25) is 0 Å². The van der Waals surface area contributed by atoms with Gasteiger partial charge in [0.2, 0.25) is 5.88 Å². The monoisotopic (exact) mass is 327 g/mol. The minimum atomic E-state index is -0.00836. The average Bonchev–Trinajstić information content (AvgIpc) is 2.32. The van der Waals surface area contributed by atoms with Gasteiger partial charge in [-0.25, -0.2) is 4.98 Å². The van der Waals surface area contributed by atoms with E-state index in [1.54, 1.807) is 18.3 Å². The van der Waals surface area contributed by atoms with Gasteiger partial charge in [-0.2, -0.15) is 0 Å². The van der Waals surface area contributed by atoms with Crippen LogP contribution in [-0.2, 0) is 6.61 Å². The number of ether oxygens (including phenoxy) is 1. The highest BCUT2D eigenvalue weighted by Crippen LogP contribution is 2.20. The van der Waals surface area contributed by atoms with Gasteiger partial charge in [-0.3, -0.25) is 0 Å². The second-order valence-corrected chi connectivity index (χ2v) is 4.46. The largest absolute Gasteiger partial charge is 0.439 e. The van der Waals surface area contributed by atoms with Crippen molar-refractivity contribution in [3.8, 4) is 11.6 Å². The van der Waals surface area contributed by atoms with Crippen molar-refractivity contribution in [2.45, 2.75) is 6.61 Å². The predicted molar refractivity (Wildman–Crippen MR) is 69.4 cm³/mol. The Hall–Kier alpha value is -1.14. The zero-order chi connectivity index (χ0) is 11.4. The van der Waals surface area contributed by atoms with Crippen molar-refractivity contribution >= 4 is 22.6 Å². The van der Waals surface area contributed by atoms with Crippen LogP contribution in [0, 0.1) is 3.57 Å². The zero-order valence-corrected chi connectivity index (χ0v) is 10.6.